The Hall–Kier alpha value is -0.900. The normalized spacial score (nSPS) is 42.3. The monoisotopic (exact) mass is 329 g/mol. The summed E-state index contributed by atoms with van der Waals surface area (Å²) in [4.78, 5) is 2.38. The second-order valence-electron chi connectivity index (χ2n) is 8.81. The molecule has 1 aromatic rings. The van der Waals surface area contributed by atoms with Gasteiger partial charge in [0.1, 0.15) is 11.4 Å². The molecule has 1 aromatic carbocycles. The van der Waals surface area contributed by atoms with Crippen molar-refractivity contribution in [2.45, 2.75) is 76.8 Å². The minimum Gasteiger partial charge on any atom is -0.375 e. The van der Waals surface area contributed by atoms with Crippen LogP contribution in [0.4, 0.5) is 0 Å². The molecule has 0 amide bonds. The molecule has 0 aromatic heterocycles. The zero-order valence-electron chi connectivity index (χ0n) is 15.3. The summed E-state index contributed by atoms with van der Waals surface area (Å²) < 4.78 is 6.32. The van der Waals surface area contributed by atoms with Gasteiger partial charge in [0.05, 0.1) is 6.61 Å². The van der Waals surface area contributed by atoms with Gasteiger partial charge in [-0.25, -0.2) is 4.90 Å². The van der Waals surface area contributed by atoms with E-state index in [1.54, 1.807) is 0 Å². The molecule has 0 spiro atoms. The molecule has 4 rings (SSSR count). The van der Waals surface area contributed by atoms with Crippen LogP contribution in [0.25, 0.3) is 0 Å². The highest BCUT2D eigenvalue weighted by Gasteiger charge is 2.70. The Bertz CT molecular complexity index is 603. The van der Waals surface area contributed by atoms with Crippen LogP contribution < -0.4 is 0 Å². The topological polar surface area (TPSA) is 32.7 Å². The number of benzene rings is 1. The number of rotatable bonds is 3. The quantitative estimate of drug-likeness (QED) is 0.911. The summed E-state index contributed by atoms with van der Waals surface area (Å²) in [6, 6.07) is 11.0. The highest BCUT2D eigenvalue weighted by molar-refractivity contribution is 5.23. The number of hydrogen-bond acceptors (Lipinski definition) is 3. The summed E-state index contributed by atoms with van der Waals surface area (Å²) in [5, 5.41) is 12.0. The Labute approximate surface area is 146 Å². The van der Waals surface area contributed by atoms with E-state index in [2.05, 4.69) is 56.0 Å². The van der Waals surface area contributed by atoms with Crippen LogP contribution in [0.5, 0.6) is 0 Å². The van der Waals surface area contributed by atoms with Crippen LogP contribution in [-0.4, -0.2) is 34.1 Å². The molecule has 3 aliphatic rings. The highest BCUT2D eigenvalue weighted by atomic mass is 16.5. The van der Waals surface area contributed by atoms with Crippen molar-refractivity contribution in [3.63, 3.8) is 0 Å². The van der Waals surface area contributed by atoms with E-state index in [0.29, 0.717) is 12.0 Å². The van der Waals surface area contributed by atoms with Crippen LogP contribution in [0.3, 0.4) is 0 Å². The summed E-state index contributed by atoms with van der Waals surface area (Å²) >= 11 is 0. The van der Waals surface area contributed by atoms with Crippen LogP contribution in [0, 0.1) is 11.3 Å². The molecule has 1 N–H and O–H groups in total. The highest BCUT2D eigenvalue weighted by Crippen LogP contribution is 2.63. The Balaban J connectivity index is 1.76. The van der Waals surface area contributed by atoms with E-state index in [-0.39, 0.29) is 11.1 Å². The Kier molecular flexibility index (Phi) is 3.83. The van der Waals surface area contributed by atoms with Crippen molar-refractivity contribution in [1.82, 2.24) is 4.90 Å². The number of fused-ring (bicyclic) bond motifs is 3. The van der Waals surface area contributed by atoms with Crippen LogP contribution in [0.15, 0.2) is 30.3 Å². The minimum absolute atomic E-state index is 0.0884. The van der Waals surface area contributed by atoms with Crippen LogP contribution in [-0.2, 0) is 11.2 Å². The van der Waals surface area contributed by atoms with Crippen molar-refractivity contribution in [2.24, 2.45) is 11.3 Å². The van der Waals surface area contributed by atoms with Gasteiger partial charge in [0.15, 0.2) is 0 Å². The lowest BCUT2D eigenvalue weighted by atomic mass is 9.64. The molecule has 2 aliphatic heterocycles. The van der Waals surface area contributed by atoms with Gasteiger partial charge in [-0.1, -0.05) is 50.6 Å². The van der Waals surface area contributed by atoms with Crippen molar-refractivity contribution in [2.75, 3.05) is 6.61 Å². The SMILES string of the molecule is CC(C)[C@H]1CO[C@]2(C)C[C@@]3(Cc4ccccc4)CCCCC3(O)N12. The van der Waals surface area contributed by atoms with Crippen molar-refractivity contribution in [1.29, 1.82) is 0 Å². The molecule has 2 heterocycles. The van der Waals surface area contributed by atoms with Crippen molar-refractivity contribution in [3.05, 3.63) is 35.9 Å². The minimum atomic E-state index is -0.735. The molecular weight excluding hydrogens is 298 g/mol. The summed E-state index contributed by atoms with van der Waals surface area (Å²) in [5.74, 6) is 0.491. The summed E-state index contributed by atoms with van der Waals surface area (Å²) in [6.07, 6.45) is 6.19. The zero-order valence-corrected chi connectivity index (χ0v) is 15.3. The average molecular weight is 329 g/mol. The van der Waals surface area contributed by atoms with E-state index < -0.39 is 5.72 Å². The second kappa shape index (κ2) is 5.55. The third kappa shape index (κ3) is 2.21. The first-order valence-corrected chi connectivity index (χ1v) is 9.60. The number of ether oxygens (including phenoxy) is 1. The predicted octanol–water partition coefficient (Wildman–Crippen LogP) is 3.95. The summed E-state index contributed by atoms with van der Waals surface area (Å²) in [7, 11) is 0. The van der Waals surface area contributed by atoms with Gasteiger partial charge in [0, 0.05) is 11.5 Å². The molecule has 24 heavy (non-hydrogen) atoms. The molecule has 132 valence electrons. The fraction of sp³-hybridized carbons (Fsp3) is 0.714. The maximum atomic E-state index is 12.0. The van der Waals surface area contributed by atoms with Crippen LogP contribution in [0.1, 0.15) is 58.4 Å². The van der Waals surface area contributed by atoms with Gasteiger partial charge in [0.25, 0.3) is 0 Å². The average Bonchev–Trinajstić information content (AvgIpc) is 2.97. The lowest BCUT2D eigenvalue weighted by molar-refractivity contribution is -0.206. The Morgan fingerprint density at radius 2 is 1.92 bits per heavy atom. The van der Waals surface area contributed by atoms with Crippen molar-refractivity contribution >= 4 is 0 Å². The van der Waals surface area contributed by atoms with Gasteiger partial charge < -0.3 is 9.84 Å². The Morgan fingerprint density at radius 1 is 1.21 bits per heavy atom. The van der Waals surface area contributed by atoms with Crippen molar-refractivity contribution in [3.8, 4) is 0 Å². The Morgan fingerprint density at radius 3 is 2.62 bits per heavy atom. The van der Waals surface area contributed by atoms with E-state index in [1.165, 1.54) is 12.0 Å². The smallest absolute Gasteiger partial charge is 0.127 e. The van der Waals surface area contributed by atoms with Gasteiger partial charge >= 0.3 is 0 Å². The molecule has 1 saturated carbocycles. The molecule has 1 unspecified atom stereocenters. The van der Waals surface area contributed by atoms with Gasteiger partial charge in [-0.15, -0.1) is 0 Å². The molecular formula is C21H31NO2. The first kappa shape index (κ1) is 16.6. The molecule has 0 bridgehead atoms. The van der Waals surface area contributed by atoms with E-state index >= 15 is 0 Å². The third-order valence-corrected chi connectivity index (χ3v) is 6.91. The third-order valence-electron chi connectivity index (χ3n) is 6.91. The molecule has 3 fully saturated rings. The first-order valence-electron chi connectivity index (χ1n) is 9.60. The fourth-order valence-corrected chi connectivity index (χ4v) is 5.87. The fourth-order valence-electron chi connectivity index (χ4n) is 5.87. The zero-order chi connectivity index (χ0) is 17.0. The number of nitrogens with zero attached hydrogens (tertiary/aromatic N) is 1. The number of aliphatic hydroxyl groups is 1. The largest absolute Gasteiger partial charge is 0.375 e. The summed E-state index contributed by atoms with van der Waals surface area (Å²) in [5.41, 5.74) is 0.197. The standard InChI is InChI=1S/C21H31NO2/c1-16(2)18-14-24-19(3)15-20(13-17-9-5-4-6-10-17)11-7-8-12-21(20,23)22(18)19/h4-6,9-10,16,18,23H,7-8,11-15H2,1-3H3/t18-,19-,20+,21?/m1/s1. The van der Waals surface area contributed by atoms with E-state index in [1.807, 2.05) is 0 Å². The van der Waals surface area contributed by atoms with E-state index in [4.69, 9.17) is 4.74 Å². The lowest BCUT2D eigenvalue weighted by Crippen LogP contribution is -2.61. The van der Waals surface area contributed by atoms with Gasteiger partial charge in [0.2, 0.25) is 0 Å². The van der Waals surface area contributed by atoms with E-state index in [0.717, 1.165) is 38.7 Å². The number of hydrogen-bond donors (Lipinski definition) is 1. The molecule has 3 nitrogen and oxygen atoms in total. The van der Waals surface area contributed by atoms with Gasteiger partial charge in [-0.2, -0.15) is 0 Å². The maximum absolute atomic E-state index is 12.0. The van der Waals surface area contributed by atoms with Crippen molar-refractivity contribution < 1.29 is 9.84 Å². The van der Waals surface area contributed by atoms with Gasteiger partial charge in [-0.3, -0.25) is 0 Å². The molecule has 2 saturated heterocycles. The lowest BCUT2D eigenvalue weighted by Gasteiger charge is -2.51. The van der Waals surface area contributed by atoms with E-state index in [9.17, 15) is 5.11 Å². The molecule has 1 aliphatic carbocycles. The predicted molar refractivity (Wildman–Crippen MR) is 95.4 cm³/mol. The first-order chi connectivity index (χ1) is 11.4. The second-order valence-corrected chi connectivity index (χ2v) is 8.81. The molecule has 4 atom stereocenters. The molecule has 3 heteroatoms. The van der Waals surface area contributed by atoms with Crippen LogP contribution in [0.2, 0.25) is 0 Å². The summed E-state index contributed by atoms with van der Waals surface area (Å²) in [6.45, 7) is 7.46. The van der Waals surface area contributed by atoms with Crippen LogP contribution >= 0.6 is 0 Å². The molecule has 0 radical (unpaired) electrons. The maximum Gasteiger partial charge on any atom is 0.127 e. The van der Waals surface area contributed by atoms with Gasteiger partial charge in [-0.05, 0) is 50.5 Å².